The van der Waals surface area contributed by atoms with E-state index in [0.717, 1.165) is 48.4 Å². The van der Waals surface area contributed by atoms with Crippen LogP contribution >= 0.6 is 0 Å². The van der Waals surface area contributed by atoms with Gasteiger partial charge in [-0.05, 0) is 79.0 Å². The number of rotatable bonds is 10. The predicted octanol–water partition coefficient (Wildman–Crippen LogP) is 5.10. The molecule has 2 aliphatic carbocycles. The first-order valence-corrected chi connectivity index (χ1v) is 11.3. The number of nitrogens with one attached hydrogen (secondary N) is 1. The fourth-order valence-corrected chi connectivity index (χ4v) is 4.03. The average Bonchev–Trinajstić information content (AvgIpc) is 3.53. The standard InChI is InChI=1S/C25H27F3N2O4/c1-15(18-5-7-20-19(11-18)6-8-22(20)29-12-24(31)32)30-34-14-17-4-9-23(33-13-16-2-3-16)21(10-17)25(26,27)28/h4-5,7,9-11,16,22,29H,2-3,6,8,12-14H2,1H3,(H,31,32)/b30-15+. The van der Waals surface area contributed by atoms with Crippen LogP contribution in [0.5, 0.6) is 5.75 Å². The van der Waals surface area contributed by atoms with Crippen molar-refractivity contribution in [1.29, 1.82) is 0 Å². The minimum atomic E-state index is -4.52. The number of nitrogens with zero attached hydrogens (tertiary/aromatic N) is 1. The van der Waals surface area contributed by atoms with Gasteiger partial charge < -0.3 is 20.0 Å². The fourth-order valence-electron chi connectivity index (χ4n) is 4.03. The van der Waals surface area contributed by atoms with Crippen LogP contribution in [0.3, 0.4) is 0 Å². The van der Waals surface area contributed by atoms with Gasteiger partial charge in [0.1, 0.15) is 12.4 Å². The lowest BCUT2D eigenvalue weighted by molar-refractivity contribution is -0.139. The molecule has 9 heteroatoms. The van der Waals surface area contributed by atoms with Crippen molar-refractivity contribution in [2.75, 3.05) is 13.2 Å². The molecular formula is C25H27F3N2O4. The maximum atomic E-state index is 13.5. The minimum Gasteiger partial charge on any atom is -0.493 e. The Kier molecular flexibility index (Phi) is 7.11. The van der Waals surface area contributed by atoms with E-state index in [1.807, 2.05) is 18.2 Å². The zero-order valence-corrected chi connectivity index (χ0v) is 18.8. The molecule has 0 radical (unpaired) electrons. The Balaban J connectivity index is 1.39. The van der Waals surface area contributed by atoms with Gasteiger partial charge in [0, 0.05) is 6.04 Å². The maximum Gasteiger partial charge on any atom is 0.419 e. The van der Waals surface area contributed by atoms with E-state index in [-0.39, 0.29) is 24.9 Å². The third-order valence-corrected chi connectivity index (χ3v) is 6.09. The summed E-state index contributed by atoms with van der Waals surface area (Å²) in [7, 11) is 0. The van der Waals surface area contributed by atoms with Gasteiger partial charge in [-0.1, -0.05) is 23.4 Å². The SMILES string of the molecule is C/C(=N\OCc1ccc(OCC2CC2)c(C(F)(F)F)c1)c1ccc2c(c1)CCC2NCC(=O)O. The predicted molar refractivity (Wildman–Crippen MR) is 120 cm³/mol. The maximum absolute atomic E-state index is 13.5. The van der Waals surface area contributed by atoms with Crippen LogP contribution in [-0.4, -0.2) is 29.9 Å². The average molecular weight is 476 g/mol. The van der Waals surface area contributed by atoms with Crippen molar-refractivity contribution in [3.05, 3.63) is 64.2 Å². The molecular weight excluding hydrogens is 449 g/mol. The van der Waals surface area contributed by atoms with Crippen molar-refractivity contribution in [1.82, 2.24) is 5.32 Å². The normalized spacial score (nSPS) is 18.0. The van der Waals surface area contributed by atoms with Gasteiger partial charge in [0.15, 0.2) is 0 Å². The Bertz CT molecular complexity index is 1080. The first-order valence-electron chi connectivity index (χ1n) is 11.3. The van der Waals surface area contributed by atoms with E-state index in [1.54, 1.807) is 13.0 Å². The lowest BCUT2D eigenvalue weighted by Crippen LogP contribution is -2.25. The van der Waals surface area contributed by atoms with Crippen molar-refractivity contribution in [2.45, 2.75) is 51.4 Å². The van der Waals surface area contributed by atoms with Crippen molar-refractivity contribution in [3.8, 4) is 5.75 Å². The molecule has 4 rings (SSSR count). The van der Waals surface area contributed by atoms with Gasteiger partial charge in [-0.3, -0.25) is 4.79 Å². The topological polar surface area (TPSA) is 80.2 Å². The number of aryl methyl sites for hydroxylation is 1. The summed E-state index contributed by atoms with van der Waals surface area (Å²) in [5.74, 6) is -0.697. The number of carboxylic acids is 1. The van der Waals surface area contributed by atoms with Gasteiger partial charge in [0.2, 0.25) is 0 Å². The molecule has 2 aromatic carbocycles. The van der Waals surface area contributed by atoms with Gasteiger partial charge in [0.05, 0.1) is 24.4 Å². The summed E-state index contributed by atoms with van der Waals surface area (Å²) in [5, 5.41) is 16.0. The number of hydrogen-bond acceptors (Lipinski definition) is 5. The third-order valence-electron chi connectivity index (χ3n) is 6.09. The third kappa shape index (κ3) is 6.08. The molecule has 0 heterocycles. The second-order valence-electron chi connectivity index (χ2n) is 8.81. The van der Waals surface area contributed by atoms with E-state index in [2.05, 4.69) is 10.5 Å². The lowest BCUT2D eigenvalue weighted by atomic mass is 10.0. The summed E-state index contributed by atoms with van der Waals surface area (Å²) in [6.07, 6.45) is -0.881. The molecule has 34 heavy (non-hydrogen) atoms. The molecule has 0 aliphatic heterocycles. The van der Waals surface area contributed by atoms with E-state index in [4.69, 9.17) is 14.7 Å². The van der Waals surface area contributed by atoms with Gasteiger partial charge in [-0.2, -0.15) is 13.2 Å². The molecule has 1 atom stereocenters. The van der Waals surface area contributed by atoms with Gasteiger partial charge >= 0.3 is 12.1 Å². The summed E-state index contributed by atoms with van der Waals surface area (Å²) >= 11 is 0. The molecule has 2 N–H and O–H groups in total. The van der Waals surface area contributed by atoms with Crippen LogP contribution < -0.4 is 10.1 Å². The van der Waals surface area contributed by atoms with E-state index in [1.165, 1.54) is 6.07 Å². The minimum absolute atomic E-state index is 0.00713. The number of benzene rings is 2. The second-order valence-corrected chi connectivity index (χ2v) is 8.81. The monoisotopic (exact) mass is 476 g/mol. The quantitative estimate of drug-likeness (QED) is 0.369. The molecule has 1 unspecified atom stereocenters. The van der Waals surface area contributed by atoms with Crippen LogP contribution in [0.2, 0.25) is 0 Å². The summed E-state index contributed by atoms with van der Waals surface area (Å²) in [6.45, 7) is 1.88. The number of hydrogen-bond donors (Lipinski definition) is 2. The van der Waals surface area contributed by atoms with E-state index in [0.29, 0.717) is 23.8 Å². The summed E-state index contributed by atoms with van der Waals surface area (Å²) < 4.78 is 45.8. The highest BCUT2D eigenvalue weighted by atomic mass is 19.4. The molecule has 1 fully saturated rings. The molecule has 6 nitrogen and oxygen atoms in total. The van der Waals surface area contributed by atoms with Crippen LogP contribution in [0.15, 0.2) is 41.6 Å². The molecule has 0 saturated heterocycles. The highest BCUT2D eigenvalue weighted by Gasteiger charge is 2.35. The Morgan fingerprint density at radius 1 is 1.18 bits per heavy atom. The Labute approximate surface area is 195 Å². The lowest BCUT2D eigenvalue weighted by Gasteiger charge is -2.15. The molecule has 1 saturated carbocycles. The molecule has 2 aliphatic rings. The smallest absolute Gasteiger partial charge is 0.419 e. The van der Waals surface area contributed by atoms with Crippen molar-refractivity contribution >= 4 is 11.7 Å². The number of carboxylic acid groups (broad SMARTS) is 1. The molecule has 0 spiro atoms. The van der Waals surface area contributed by atoms with Gasteiger partial charge in [-0.15, -0.1) is 0 Å². The molecule has 2 aromatic rings. The number of aliphatic carboxylic acids is 1. The van der Waals surface area contributed by atoms with Crippen LogP contribution in [0.25, 0.3) is 0 Å². The van der Waals surface area contributed by atoms with Crippen LogP contribution in [-0.2, 0) is 28.8 Å². The summed E-state index contributed by atoms with van der Waals surface area (Å²) in [5.41, 5.74) is 3.18. The first-order chi connectivity index (χ1) is 16.2. The largest absolute Gasteiger partial charge is 0.493 e. The van der Waals surface area contributed by atoms with Crippen molar-refractivity contribution in [3.63, 3.8) is 0 Å². The second kappa shape index (κ2) is 10.0. The number of alkyl halides is 3. The molecule has 0 bridgehead atoms. The number of ether oxygens (including phenoxy) is 1. The van der Waals surface area contributed by atoms with Crippen LogP contribution in [0.4, 0.5) is 13.2 Å². The van der Waals surface area contributed by atoms with Crippen LogP contribution in [0, 0.1) is 5.92 Å². The number of carbonyl (C=O) groups is 1. The Morgan fingerprint density at radius 2 is 1.97 bits per heavy atom. The number of oxime groups is 1. The zero-order chi connectivity index (χ0) is 24.3. The number of fused-ring (bicyclic) bond motifs is 1. The van der Waals surface area contributed by atoms with E-state index >= 15 is 0 Å². The van der Waals surface area contributed by atoms with Crippen molar-refractivity contribution in [2.24, 2.45) is 11.1 Å². The first kappa shape index (κ1) is 24.1. The summed E-state index contributed by atoms with van der Waals surface area (Å²) in [6, 6.07) is 9.78. The van der Waals surface area contributed by atoms with E-state index in [9.17, 15) is 18.0 Å². The zero-order valence-electron chi connectivity index (χ0n) is 18.8. The number of halogens is 3. The van der Waals surface area contributed by atoms with Crippen molar-refractivity contribution < 1.29 is 32.6 Å². The molecule has 0 aromatic heterocycles. The summed E-state index contributed by atoms with van der Waals surface area (Å²) in [4.78, 5) is 16.2. The Morgan fingerprint density at radius 3 is 2.68 bits per heavy atom. The molecule has 182 valence electrons. The van der Waals surface area contributed by atoms with E-state index < -0.39 is 17.7 Å². The van der Waals surface area contributed by atoms with Crippen LogP contribution in [0.1, 0.15) is 60.0 Å². The van der Waals surface area contributed by atoms with Gasteiger partial charge in [0.25, 0.3) is 0 Å². The highest BCUT2D eigenvalue weighted by Crippen LogP contribution is 2.38. The molecule has 0 amide bonds. The fraction of sp³-hybridized carbons (Fsp3) is 0.440. The Hall–Kier alpha value is -3.07. The van der Waals surface area contributed by atoms with Gasteiger partial charge in [-0.25, -0.2) is 0 Å². The highest BCUT2D eigenvalue weighted by molar-refractivity contribution is 5.98.